The second kappa shape index (κ2) is 5.58. The first-order valence-electron chi connectivity index (χ1n) is 6.89. The van der Waals surface area contributed by atoms with Crippen molar-refractivity contribution >= 4 is 11.6 Å². The van der Waals surface area contributed by atoms with Crippen molar-refractivity contribution in [3.05, 3.63) is 58.1 Å². The van der Waals surface area contributed by atoms with Crippen molar-refractivity contribution in [2.45, 2.75) is 25.6 Å². The van der Waals surface area contributed by atoms with Crippen molar-refractivity contribution in [3.63, 3.8) is 0 Å². The average molecular weight is 305 g/mol. The highest BCUT2D eigenvalue weighted by Gasteiger charge is 2.24. The molecule has 0 aliphatic carbocycles. The van der Waals surface area contributed by atoms with Crippen molar-refractivity contribution in [1.29, 1.82) is 0 Å². The van der Waals surface area contributed by atoms with E-state index in [1.165, 1.54) is 0 Å². The Kier molecular flexibility index (Phi) is 3.79. The molecule has 110 valence electrons. The quantitative estimate of drug-likeness (QED) is 0.938. The fourth-order valence-corrected chi connectivity index (χ4v) is 2.80. The van der Waals surface area contributed by atoms with Gasteiger partial charge in [-0.3, -0.25) is 0 Å². The number of ether oxygens (including phenoxy) is 2. The maximum atomic E-state index is 10.6. The minimum atomic E-state index is -0.776. The fraction of sp³-hybridized carbons (Fsp3) is 0.294. The van der Waals surface area contributed by atoms with Crippen LogP contribution < -0.4 is 9.47 Å². The predicted molar refractivity (Wildman–Crippen MR) is 82.3 cm³/mol. The topological polar surface area (TPSA) is 38.7 Å². The van der Waals surface area contributed by atoms with E-state index in [4.69, 9.17) is 21.1 Å². The van der Waals surface area contributed by atoms with Crippen LogP contribution in [0.15, 0.2) is 36.4 Å². The van der Waals surface area contributed by atoms with Gasteiger partial charge in [0.05, 0.1) is 7.11 Å². The summed E-state index contributed by atoms with van der Waals surface area (Å²) in [6, 6.07) is 11.0. The number of methoxy groups -OCH3 is 1. The molecule has 1 N–H and O–H groups in total. The summed E-state index contributed by atoms with van der Waals surface area (Å²) in [5, 5.41) is 11.3. The SMILES string of the molecule is COc1cc2c(cc1C(O)c1ccc(Cl)cc1)OC(C)C2. The molecule has 3 rings (SSSR count). The van der Waals surface area contributed by atoms with Gasteiger partial charge < -0.3 is 14.6 Å². The molecular formula is C17H17ClO3. The van der Waals surface area contributed by atoms with Crippen LogP contribution in [0.4, 0.5) is 0 Å². The number of halogens is 1. The van der Waals surface area contributed by atoms with Gasteiger partial charge in [0.15, 0.2) is 0 Å². The first-order valence-corrected chi connectivity index (χ1v) is 7.27. The van der Waals surface area contributed by atoms with Gasteiger partial charge in [0.1, 0.15) is 23.7 Å². The van der Waals surface area contributed by atoms with Crippen LogP contribution in [-0.4, -0.2) is 18.3 Å². The highest BCUT2D eigenvalue weighted by atomic mass is 35.5. The zero-order valence-corrected chi connectivity index (χ0v) is 12.7. The lowest BCUT2D eigenvalue weighted by atomic mass is 9.98. The fourth-order valence-electron chi connectivity index (χ4n) is 2.67. The van der Waals surface area contributed by atoms with E-state index in [1.807, 2.05) is 31.2 Å². The number of hydrogen-bond acceptors (Lipinski definition) is 3. The number of benzene rings is 2. The summed E-state index contributed by atoms with van der Waals surface area (Å²) in [5.41, 5.74) is 2.59. The van der Waals surface area contributed by atoms with Gasteiger partial charge in [0.25, 0.3) is 0 Å². The summed E-state index contributed by atoms with van der Waals surface area (Å²) in [4.78, 5) is 0. The van der Waals surface area contributed by atoms with Crippen molar-refractivity contribution in [2.24, 2.45) is 0 Å². The molecule has 0 saturated carbocycles. The van der Waals surface area contributed by atoms with Crippen molar-refractivity contribution < 1.29 is 14.6 Å². The van der Waals surface area contributed by atoms with Crippen LogP contribution in [0.5, 0.6) is 11.5 Å². The molecule has 1 aliphatic heterocycles. The van der Waals surface area contributed by atoms with Crippen LogP contribution in [0.25, 0.3) is 0 Å². The Morgan fingerprint density at radius 3 is 2.67 bits per heavy atom. The predicted octanol–water partition coefficient (Wildman–Crippen LogP) is 3.75. The number of fused-ring (bicyclic) bond motifs is 1. The Bertz CT molecular complexity index is 652. The molecule has 2 aromatic rings. The molecule has 4 heteroatoms. The second-order valence-corrected chi connectivity index (χ2v) is 5.72. The smallest absolute Gasteiger partial charge is 0.125 e. The molecule has 0 bridgehead atoms. The van der Waals surface area contributed by atoms with Gasteiger partial charge in [-0.15, -0.1) is 0 Å². The molecule has 0 saturated heterocycles. The third-order valence-corrected chi connectivity index (χ3v) is 3.98. The Morgan fingerprint density at radius 2 is 2.00 bits per heavy atom. The van der Waals surface area contributed by atoms with E-state index in [-0.39, 0.29) is 6.10 Å². The summed E-state index contributed by atoms with van der Waals surface area (Å²) < 4.78 is 11.2. The lowest BCUT2D eigenvalue weighted by Gasteiger charge is -2.17. The Balaban J connectivity index is 2.01. The third-order valence-electron chi connectivity index (χ3n) is 3.73. The minimum absolute atomic E-state index is 0.160. The van der Waals surface area contributed by atoms with Crippen LogP contribution in [0.3, 0.4) is 0 Å². The molecule has 2 unspecified atom stereocenters. The lowest BCUT2D eigenvalue weighted by molar-refractivity contribution is 0.213. The lowest BCUT2D eigenvalue weighted by Crippen LogP contribution is -2.05. The average Bonchev–Trinajstić information content (AvgIpc) is 2.85. The molecule has 0 amide bonds. The van der Waals surface area contributed by atoms with E-state index < -0.39 is 6.10 Å². The standard InChI is InChI=1S/C17H17ClO3/c1-10-7-12-8-16(20-2)14(9-15(12)21-10)17(19)11-3-5-13(18)6-4-11/h3-6,8-10,17,19H,7H2,1-2H3. The Morgan fingerprint density at radius 1 is 1.29 bits per heavy atom. The molecule has 3 nitrogen and oxygen atoms in total. The van der Waals surface area contributed by atoms with Gasteiger partial charge in [0.2, 0.25) is 0 Å². The first kappa shape index (κ1) is 14.2. The molecular weight excluding hydrogens is 288 g/mol. The van der Waals surface area contributed by atoms with Crippen molar-refractivity contribution in [3.8, 4) is 11.5 Å². The van der Waals surface area contributed by atoms with Crippen LogP contribution >= 0.6 is 11.6 Å². The van der Waals surface area contributed by atoms with E-state index in [9.17, 15) is 5.11 Å². The highest BCUT2D eigenvalue weighted by Crippen LogP contribution is 2.39. The van der Waals surface area contributed by atoms with Gasteiger partial charge in [0, 0.05) is 22.6 Å². The third kappa shape index (κ3) is 2.71. The number of rotatable bonds is 3. The van der Waals surface area contributed by atoms with E-state index in [1.54, 1.807) is 19.2 Å². The molecule has 0 fully saturated rings. The van der Waals surface area contributed by atoms with Gasteiger partial charge in [-0.05, 0) is 36.8 Å². The minimum Gasteiger partial charge on any atom is -0.496 e. The molecule has 1 heterocycles. The molecule has 0 radical (unpaired) electrons. The van der Waals surface area contributed by atoms with Gasteiger partial charge >= 0.3 is 0 Å². The van der Waals surface area contributed by atoms with Crippen LogP contribution in [0.1, 0.15) is 29.7 Å². The zero-order valence-electron chi connectivity index (χ0n) is 12.0. The van der Waals surface area contributed by atoms with Crippen molar-refractivity contribution in [1.82, 2.24) is 0 Å². The van der Waals surface area contributed by atoms with Crippen LogP contribution in [0, 0.1) is 0 Å². The Hall–Kier alpha value is -1.71. The van der Waals surface area contributed by atoms with E-state index in [0.717, 1.165) is 23.3 Å². The maximum Gasteiger partial charge on any atom is 0.125 e. The maximum absolute atomic E-state index is 10.6. The molecule has 21 heavy (non-hydrogen) atoms. The van der Waals surface area contributed by atoms with Crippen molar-refractivity contribution in [2.75, 3.05) is 7.11 Å². The summed E-state index contributed by atoms with van der Waals surface area (Å²) in [5.74, 6) is 1.50. The van der Waals surface area contributed by atoms with Crippen LogP contribution in [0.2, 0.25) is 5.02 Å². The molecule has 0 spiro atoms. The normalized spacial score (nSPS) is 18.0. The monoisotopic (exact) mass is 304 g/mol. The van der Waals surface area contributed by atoms with Gasteiger partial charge in [-0.1, -0.05) is 23.7 Å². The first-order chi connectivity index (χ1) is 10.1. The van der Waals surface area contributed by atoms with E-state index in [0.29, 0.717) is 16.3 Å². The molecule has 2 aromatic carbocycles. The van der Waals surface area contributed by atoms with Gasteiger partial charge in [-0.25, -0.2) is 0 Å². The van der Waals surface area contributed by atoms with E-state index >= 15 is 0 Å². The number of aliphatic hydroxyl groups is 1. The zero-order chi connectivity index (χ0) is 15.0. The number of hydrogen-bond donors (Lipinski definition) is 1. The number of aliphatic hydroxyl groups excluding tert-OH is 1. The summed E-state index contributed by atoms with van der Waals surface area (Å²) >= 11 is 5.89. The Labute approximate surface area is 129 Å². The molecule has 0 aromatic heterocycles. The van der Waals surface area contributed by atoms with Crippen LogP contribution in [-0.2, 0) is 6.42 Å². The summed E-state index contributed by atoms with van der Waals surface area (Å²) in [7, 11) is 1.61. The van der Waals surface area contributed by atoms with E-state index in [2.05, 4.69) is 0 Å². The second-order valence-electron chi connectivity index (χ2n) is 5.29. The highest BCUT2D eigenvalue weighted by molar-refractivity contribution is 6.30. The summed E-state index contributed by atoms with van der Waals surface area (Å²) in [6.07, 6.45) is 0.248. The largest absolute Gasteiger partial charge is 0.496 e. The molecule has 1 aliphatic rings. The summed E-state index contributed by atoms with van der Waals surface area (Å²) in [6.45, 7) is 2.03. The van der Waals surface area contributed by atoms with Gasteiger partial charge in [-0.2, -0.15) is 0 Å². The molecule has 2 atom stereocenters.